The maximum Gasteiger partial charge on any atom is 0.335 e. The van der Waals surface area contributed by atoms with Crippen molar-refractivity contribution in [2.24, 2.45) is 0 Å². The SMILES string of the molecule is CCCn1c(=O)n(C2CC2)c(=O)c2[nH]c(-c3ccc(NCc4ccc(CNC(=O)c5ccc(C(=O)O)cc5)cc4)nc3)nc21. The number of rotatable bonds is 11. The lowest BCUT2D eigenvalue weighted by Gasteiger charge is -2.09. The number of imidazole rings is 1. The molecule has 3 aromatic heterocycles. The Kier molecular flexibility index (Phi) is 7.80. The summed E-state index contributed by atoms with van der Waals surface area (Å²) in [5.41, 5.74) is 3.23. The number of aromatic carboxylic acids is 1. The first-order valence-corrected chi connectivity index (χ1v) is 14.5. The van der Waals surface area contributed by atoms with Crippen molar-refractivity contribution >= 4 is 28.9 Å². The topological polar surface area (TPSA) is 164 Å². The second kappa shape index (κ2) is 12.0. The molecule has 1 amide bonds. The molecular weight excluding hydrogens is 562 g/mol. The molecule has 224 valence electrons. The third kappa shape index (κ3) is 5.87. The number of fused-ring (bicyclic) bond motifs is 1. The molecule has 4 N–H and O–H groups in total. The lowest BCUT2D eigenvalue weighted by atomic mass is 10.1. The first kappa shape index (κ1) is 28.6. The van der Waals surface area contributed by atoms with E-state index in [9.17, 15) is 19.2 Å². The number of carboxylic acid groups (broad SMARTS) is 1. The second-order valence-corrected chi connectivity index (χ2v) is 10.8. The number of H-pyrrole nitrogens is 1. The van der Waals surface area contributed by atoms with E-state index in [1.165, 1.54) is 28.8 Å². The summed E-state index contributed by atoms with van der Waals surface area (Å²) in [6.07, 6.45) is 4.09. The van der Waals surface area contributed by atoms with Crippen molar-refractivity contribution in [3.05, 3.63) is 110 Å². The van der Waals surface area contributed by atoms with Crippen LogP contribution in [0.4, 0.5) is 5.82 Å². The van der Waals surface area contributed by atoms with Crippen LogP contribution < -0.4 is 21.9 Å². The summed E-state index contributed by atoms with van der Waals surface area (Å²) < 4.78 is 2.94. The van der Waals surface area contributed by atoms with Crippen molar-refractivity contribution in [2.75, 3.05) is 5.32 Å². The number of aromatic amines is 1. The van der Waals surface area contributed by atoms with Crippen molar-refractivity contribution in [1.82, 2.24) is 29.4 Å². The minimum Gasteiger partial charge on any atom is -0.478 e. The molecule has 0 aliphatic heterocycles. The Morgan fingerprint density at radius 2 is 1.64 bits per heavy atom. The predicted molar refractivity (Wildman–Crippen MR) is 165 cm³/mol. The normalized spacial score (nSPS) is 12.8. The fourth-order valence-corrected chi connectivity index (χ4v) is 5.01. The molecule has 0 spiro atoms. The van der Waals surface area contributed by atoms with Crippen molar-refractivity contribution in [2.45, 2.75) is 51.9 Å². The van der Waals surface area contributed by atoms with Gasteiger partial charge in [0.05, 0.1) is 5.56 Å². The number of anilines is 1. The van der Waals surface area contributed by atoms with Crippen LogP contribution in [0.2, 0.25) is 0 Å². The van der Waals surface area contributed by atoms with Crippen LogP contribution in [0.5, 0.6) is 0 Å². The molecule has 1 aliphatic carbocycles. The van der Waals surface area contributed by atoms with E-state index in [0.717, 1.165) is 30.4 Å². The van der Waals surface area contributed by atoms with Gasteiger partial charge in [0.1, 0.15) is 17.2 Å². The Bertz CT molecular complexity index is 1950. The highest BCUT2D eigenvalue weighted by atomic mass is 16.4. The molecule has 1 saturated carbocycles. The van der Waals surface area contributed by atoms with Gasteiger partial charge < -0.3 is 20.7 Å². The Morgan fingerprint density at radius 3 is 2.25 bits per heavy atom. The highest BCUT2D eigenvalue weighted by molar-refractivity contribution is 5.95. The molecule has 12 heteroatoms. The van der Waals surface area contributed by atoms with Crippen molar-refractivity contribution in [3.8, 4) is 11.4 Å². The van der Waals surface area contributed by atoms with Crippen LogP contribution in [0.15, 0.2) is 76.4 Å². The van der Waals surface area contributed by atoms with Crippen LogP contribution in [0.3, 0.4) is 0 Å². The molecule has 5 aromatic rings. The number of carbonyl (C=O) groups is 2. The van der Waals surface area contributed by atoms with Crippen molar-refractivity contribution < 1.29 is 14.7 Å². The Balaban J connectivity index is 1.07. The monoisotopic (exact) mass is 593 g/mol. The van der Waals surface area contributed by atoms with Gasteiger partial charge in [-0.2, -0.15) is 0 Å². The molecule has 3 heterocycles. The highest BCUT2D eigenvalue weighted by Gasteiger charge is 2.30. The number of carbonyl (C=O) groups excluding carboxylic acids is 1. The average Bonchev–Trinajstić information content (AvgIpc) is 3.78. The summed E-state index contributed by atoms with van der Waals surface area (Å²) in [7, 11) is 0. The molecule has 12 nitrogen and oxygen atoms in total. The van der Waals surface area contributed by atoms with E-state index >= 15 is 0 Å². The second-order valence-electron chi connectivity index (χ2n) is 10.8. The molecule has 1 fully saturated rings. The summed E-state index contributed by atoms with van der Waals surface area (Å²) >= 11 is 0. The van der Waals surface area contributed by atoms with Gasteiger partial charge in [-0.3, -0.25) is 18.7 Å². The molecule has 6 rings (SSSR count). The first-order valence-electron chi connectivity index (χ1n) is 14.5. The molecule has 0 radical (unpaired) electrons. The fraction of sp³-hybridized carbons (Fsp3) is 0.250. The number of pyridine rings is 1. The quantitative estimate of drug-likeness (QED) is 0.179. The molecule has 2 aromatic carbocycles. The number of hydrogen-bond acceptors (Lipinski definition) is 7. The van der Waals surface area contributed by atoms with Gasteiger partial charge in [0.2, 0.25) is 0 Å². The molecule has 1 aliphatic rings. The average molecular weight is 594 g/mol. The summed E-state index contributed by atoms with van der Waals surface area (Å²) in [5, 5.41) is 15.1. The number of aromatic nitrogens is 5. The van der Waals surface area contributed by atoms with Gasteiger partial charge in [0, 0.05) is 43.0 Å². The highest BCUT2D eigenvalue weighted by Crippen LogP contribution is 2.32. The van der Waals surface area contributed by atoms with Crippen LogP contribution in [-0.2, 0) is 19.6 Å². The Morgan fingerprint density at radius 1 is 0.955 bits per heavy atom. The van der Waals surface area contributed by atoms with Gasteiger partial charge in [-0.05, 0) is 66.8 Å². The maximum atomic E-state index is 13.1. The number of hydrogen-bond donors (Lipinski definition) is 4. The molecule has 0 saturated heterocycles. The van der Waals surface area contributed by atoms with Gasteiger partial charge >= 0.3 is 11.7 Å². The number of carboxylic acids is 1. The van der Waals surface area contributed by atoms with E-state index in [1.807, 2.05) is 43.3 Å². The number of nitrogens with one attached hydrogen (secondary N) is 3. The third-order valence-corrected chi connectivity index (χ3v) is 7.55. The molecular formula is C32H31N7O5. The lowest BCUT2D eigenvalue weighted by molar-refractivity contribution is 0.0696. The molecule has 0 bridgehead atoms. The first-order chi connectivity index (χ1) is 21.3. The number of aryl methyl sites for hydroxylation is 1. The van der Waals surface area contributed by atoms with Crippen LogP contribution in [0, 0.1) is 0 Å². The van der Waals surface area contributed by atoms with Gasteiger partial charge in [0.15, 0.2) is 5.65 Å². The van der Waals surface area contributed by atoms with Crippen molar-refractivity contribution in [3.63, 3.8) is 0 Å². The Hall–Kier alpha value is -5.52. The zero-order valence-corrected chi connectivity index (χ0v) is 24.0. The Labute approximate surface area is 251 Å². The van der Waals surface area contributed by atoms with E-state index < -0.39 is 5.97 Å². The van der Waals surface area contributed by atoms with Crippen LogP contribution in [0.1, 0.15) is 64.1 Å². The summed E-state index contributed by atoms with van der Waals surface area (Å²) in [6, 6.07) is 17.2. The smallest absolute Gasteiger partial charge is 0.335 e. The number of amides is 1. The van der Waals surface area contributed by atoms with Crippen molar-refractivity contribution in [1.29, 1.82) is 0 Å². The minimum atomic E-state index is -1.04. The third-order valence-electron chi connectivity index (χ3n) is 7.55. The van der Waals surface area contributed by atoms with Gasteiger partial charge in [-0.1, -0.05) is 31.2 Å². The zero-order chi connectivity index (χ0) is 30.8. The summed E-state index contributed by atoms with van der Waals surface area (Å²) in [5.74, 6) is -0.178. The number of nitrogens with zero attached hydrogens (tertiary/aromatic N) is 4. The van der Waals surface area contributed by atoms with Crippen LogP contribution >= 0.6 is 0 Å². The van der Waals surface area contributed by atoms with Gasteiger partial charge in [-0.25, -0.2) is 19.6 Å². The largest absolute Gasteiger partial charge is 0.478 e. The van der Waals surface area contributed by atoms with E-state index in [2.05, 4.69) is 25.6 Å². The fourth-order valence-electron chi connectivity index (χ4n) is 5.01. The van der Waals surface area contributed by atoms with E-state index in [4.69, 9.17) is 5.11 Å². The van der Waals surface area contributed by atoms with Gasteiger partial charge in [-0.15, -0.1) is 0 Å². The van der Waals surface area contributed by atoms with Gasteiger partial charge in [0.25, 0.3) is 11.5 Å². The zero-order valence-electron chi connectivity index (χ0n) is 24.0. The molecule has 44 heavy (non-hydrogen) atoms. The maximum absolute atomic E-state index is 13.1. The molecule has 0 atom stereocenters. The van der Waals surface area contributed by atoms with Crippen LogP contribution in [0.25, 0.3) is 22.6 Å². The lowest BCUT2D eigenvalue weighted by Crippen LogP contribution is -2.39. The van der Waals surface area contributed by atoms with Crippen LogP contribution in [-0.4, -0.2) is 41.1 Å². The standard InChI is InChI=1S/C32H31N7O5/c1-2-15-38-28-26(30(41)39(32(38)44)24-12-13-24)36-27(37-28)23-11-14-25(34-18-23)33-16-19-3-5-20(6-4-19)17-35-29(40)21-7-9-22(10-8-21)31(42)43/h3-11,14,18,24H,2,12-13,15-17H2,1H3,(H,33,34)(H,35,40)(H,36,37)(H,42,43). The van der Waals surface area contributed by atoms with E-state index in [1.54, 1.807) is 10.8 Å². The van der Waals surface area contributed by atoms with E-state index in [-0.39, 0.29) is 28.8 Å². The number of benzene rings is 2. The predicted octanol–water partition coefficient (Wildman–Crippen LogP) is 3.93. The minimum absolute atomic E-state index is 0.0322. The van der Waals surface area contributed by atoms with E-state index in [0.29, 0.717) is 53.6 Å². The molecule has 0 unspecified atom stereocenters. The summed E-state index contributed by atoms with van der Waals surface area (Å²) in [4.78, 5) is 61.7. The summed E-state index contributed by atoms with van der Waals surface area (Å²) in [6.45, 7) is 3.33.